The first-order chi connectivity index (χ1) is 7.33. The molecule has 2 fully saturated rings. The molecule has 0 spiro atoms. The second-order valence-electron chi connectivity index (χ2n) is 5.45. The van der Waals surface area contributed by atoms with Crippen LogP contribution in [0.4, 0.5) is 0 Å². The van der Waals surface area contributed by atoms with E-state index in [4.69, 9.17) is 5.73 Å². The Morgan fingerprint density at radius 3 is 2.40 bits per heavy atom. The zero-order valence-electron chi connectivity index (χ0n) is 10.1. The van der Waals surface area contributed by atoms with E-state index >= 15 is 0 Å². The lowest BCUT2D eigenvalue weighted by Gasteiger charge is -2.38. The molecule has 0 aromatic carbocycles. The summed E-state index contributed by atoms with van der Waals surface area (Å²) in [5.74, 6) is 0.775. The van der Waals surface area contributed by atoms with Crippen LogP contribution in [0.15, 0.2) is 0 Å². The maximum atomic E-state index is 5.86. The lowest BCUT2D eigenvalue weighted by atomic mass is 9.92. The number of hydrogen-bond acceptors (Lipinski definition) is 2. The topological polar surface area (TPSA) is 29.3 Å². The van der Waals surface area contributed by atoms with Crippen LogP contribution in [0.1, 0.15) is 51.4 Å². The average molecular weight is 210 g/mol. The maximum absolute atomic E-state index is 5.86. The molecule has 2 rings (SSSR count). The van der Waals surface area contributed by atoms with Gasteiger partial charge in [-0.05, 0) is 45.2 Å². The van der Waals surface area contributed by atoms with E-state index in [1.807, 2.05) is 0 Å². The minimum Gasteiger partial charge on any atom is -0.330 e. The Balaban J connectivity index is 1.90. The van der Waals surface area contributed by atoms with Gasteiger partial charge in [-0.25, -0.2) is 0 Å². The largest absolute Gasteiger partial charge is 0.330 e. The maximum Gasteiger partial charge on any atom is 0.0135 e. The second kappa shape index (κ2) is 5.31. The van der Waals surface area contributed by atoms with Crippen molar-refractivity contribution in [1.82, 2.24) is 4.90 Å². The molecule has 0 aromatic rings. The Kier molecular flexibility index (Phi) is 4.04. The first-order valence-corrected chi connectivity index (χ1v) is 6.75. The van der Waals surface area contributed by atoms with Gasteiger partial charge in [-0.15, -0.1) is 0 Å². The van der Waals surface area contributed by atoms with Gasteiger partial charge < -0.3 is 10.6 Å². The van der Waals surface area contributed by atoms with Crippen molar-refractivity contribution < 1.29 is 0 Å². The van der Waals surface area contributed by atoms with E-state index in [-0.39, 0.29) is 0 Å². The molecule has 0 amide bonds. The van der Waals surface area contributed by atoms with Gasteiger partial charge in [0, 0.05) is 12.1 Å². The smallest absolute Gasteiger partial charge is 0.0135 e. The van der Waals surface area contributed by atoms with E-state index in [1.54, 1.807) is 0 Å². The summed E-state index contributed by atoms with van der Waals surface area (Å²) < 4.78 is 0. The molecular formula is C13H26N2. The third-order valence-electron chi connectivity index (χ3n) is 4.60. The van der Waals surface area contributed by atoms with Crippen molar-refractivity contribution in [2.45, 2.75) is 63.5 Å². The van der Waals surface area contributed by atoms with Crippen LogP contribution in [0.5, 0.6) is 0 Å². The number of rotatable bonds is 3. The minimum atomic E-state index is 0.775. The van der Waals surface area contributed by atoms with Crippen molar-refractivity contribution in [2.75, 3.05) is 13.6 Å². The molecule has 0 aromatic heterocycles. The van der Waals surface area contributed by atoms with E-state index in [2.05, 4.69) is 11.9 Å². The summed E-state index contributed by atoms with van der Waals surface area (Å²) in [5, 5.41) is 0. The highest BCUT2D eigenvalue weighted by atomic mass is 15.2. The summed E-state index contributed by atoms with van der Waals surface area (Å²) in [6.07, 6.45) is 11.3. The van der Waals surface area contributed by atoms with Crippen molar-refractivity contribution in [3.05, 3.63) is 0 Å². The van der Waals surface area contributed by atoms with E-state index in [9.17, 15) is 0 Å². The van der Waals surface area contributed by atoms with Crippen LogP contribution in [0.25, 0.3) is 0 Å². The summed E-state index contributed by atoms with van der Waals surface area (Å²) in [5.41, 5.74) is 5.86. The van der Waals surface area contributed by atoms with Crippen molar-refractivity contribution in [3.63, 3.8) is 0 Å². The van der Waals surface area contributed by atoms with Crippen molar-refractivity contribution in [2.24, 2.45) is 11.7 Å². The van der Waals surface area contributed by atoms with E-state index in [0.29, 0.717) is 0 Å². The Hall–Kier alpha value is -0.0800. The fourth-order valence-corrected chi connectivity index (χ4v) is 3.59. The molecule has 0 saturated heterocycles. The predicted molar refractivity (Wildman–Crippen MR) is 64.8 cm³/mol. The molecule has 2 saturated carbocycles. The molecule has 88 valence electrons. The first kappa shape index (κ1) is 11.4. The monoisotopic (exact) mass is 210 g/mol. The zero-order chi connectivity index (χ0) is 10.7. The highest BCUT2D eigenvalue weighted by molar-refractivity contribution is 4.88. The van der Waals surface area contributed by atoms with Gasteiger partial charge in [-0.1, -0.05) is 25.7 Å². The Morgan fingerprint density at radius 1 is 1.00 bits per heavy atom. The molecule has 2 atom stereocenters. The normalized spacial score (nSPS) is 33.8. The summed E-state index contributed by atoms with van der Waals surface area (Å²) in [6.45, 7) is 0.891. The zero-order valence-corrected chi connectivity index (χ0v) is 10.1. The lowest BCUT2D eigenvalue weighted by Crippen LogP contribution is -2.44. The van der Waals surface area contributed by atoms with Crippen LogP contribution in [0.2, 0.25) is 0 Å². The molecule has 2 aliphatic carbocycles. The van der Waals surface area contributed by atoms with E-state index in [1.165, 1.54) is 51.4 Å². The van der Waals surface area contributed by atoms with E-state index in [0.717, 1.165) is 24.5 Å². The van der Waals surface area contributed by atoms with Gasteiger partial charge in [-0.3, -0.25) is 0 Å². The third kappa shape index (κ3) is 2.54. The van der Waals surface area contributed by atoms with Gasteiger partial charge in [0.25, 0.3) is 0 Å². The van der Waals surface area contributed by atoms with Crippen LogP contribution in [-0.2, 0) is 0 Å². The summed E-state index contributed by atoms with van der Waals surface area (Å²) in [7, 11) is 2.34. The Bertz CT molecular complexity index is 187. The van der Waals surface area contributed by atoms with Gasteiger partial charge >= 0.3 is 0 Å². The quantitative estimate of drug-likeness (QED) is 0.775. The number of nitrogens with two attached hydrogens (primary N) is 1. The first-order valence-electron chi connectivity index (χ1n) is 6.75. The molecule has 2 nitrogen and oxygen atoms in total. The summed E-state index contributed by atoms with van der Waals surface area (Å²) >= 11 is 0. The summed E-state index contributed by atoms with van der Waals surface area (Å²) in [6, 6.07) is 1.65. The molecule has 2 unspecified atom stereocenters. The van der Waals surface area contributed by atoms with Gasteiger partial charge in [0.05, 0.1) is 0 Å². The Labute approximate surface area is 94.2 Å². The van der Waals surface area contributed by atoms with Crippen molar-refractivity contribution in [3.8, 4) is 0 Å². The molecule has 2 N–H and O–H groups in total. The van der Waals surface area contributed by atoms with Crippen LogP contribution >= 0.6 is 0 Å². The molecule has 15 heavy (non-hydrogen) atoms. The molecular weight excluding hydrogens is 184 g/mol. The van der Waals surface area contributed by atoms with Crippen LogP contribution < -0.4 is 5.73 Å². The second-order valence-corrected chi connectivity index (χ2v) is 5.45. The van der Waals surface area contributed by atoms with Gasteiger partial charge in [0.1, 0.15) is 0 Å². The van der Waals surface area contributed by atoms with Gasteiger partial charge in [0.15, 0.2) is 0 Å². The van der Waals surface area contributed by atoms with Gasteiger partial charge in [0.2, 0.25) is 0 Å². The van der Waals surface area contributed by atoms with Gasteiger partial charge in [-0.2, -0.15) is 0 Å². The van der Waals surface area contributed by atoms with Crippen molar-refractivity contribution >= 4 is 0 Å². The fourth-order valence-electron chi connectivity index (χ4n) is 3.59. The Morgan fingerprint density at radius 2 is 1.73 bits per heavy atom. The van der Waals surface area contributed by atoms with Crippen LogP contribution in [0.3, 0.4) is 0 Å². The standard InChI is InChI=1S/C13H26N2/c1-15(12-7-3-2-4-8-12)13-9-5-6-11(13)10-14/h11-13H,2-10,14H2,1H3. The summed E-state index contributed by atoms with van der Waals surface area (Å²) in [4.78, 5) is 2.67. The highest BCUT2D eigenvalue weighted by Crippen LogP contribution is 2.32. The molecule has 0 bridgehead atoms. The predicted octanol–water partition coefficient (Wildman–Crippen LogP) is 2.38. The molecule has 0 heterocycles. The molecule has 2 aliphatic rings. The minimum absolute atomic E-state index is 0.775. The van der Waals surface area contributed by atoms with E-state index < -0.39 is 0 Å². The van der Waals surface area contributed by atoms with Crippen LogP contribution in [-0.4, -0.2) is 30.6 Å². The molecule has 0 aliphatic heterocycles. The third-order valence-corrected chi connectivity index (χ3v) is 4.60. The van der Waals surface area contributed by atoms with Crippen LogP contribution in [0, 0.1) is 5.92 Å². The SMILES string of the molecule is CN(C1CCCCC1)C1CCCC1CN. The molecule has 2 heteroatoms. The number of hydrogen-bond donors (Lipinski definition) is 1. The molecule has 0 radical (unpaired) electrons. The highest BCUT2D eigenvalue weighted by Gasteiger charge is 2.32. The average Bonchev–Trinajstić information content (AvgIpc) is 2.77. The van der Waals surface area contributed by atoms with Crippen molar-refractivity contribution in [1.29, 1.82) is 0 Å². The lowest BCUT2D eigenvalue weighted by molar-refractivity contribution is 0.114. The fraction of sp³-hybridized carbons (Fsp3) is 1.00. The number of nitrogens with zero attached hydrogens (tertiary/aromatic N) is 1.